The van der Waals surface area contributed by atoms with Crippen molar-refractivity contribution in [1.29, 1.82) is 0 Å². The van der Waals surface area contributed by atoms with E-state index in [-0.39, 0.29) is 12.8 Å². The molecule has 0 aliphatic carbocycles. The number of rotatable bonds is 6. The normalized spacial score (nSPS) is 11.0. The lowest BCUT2D eigenvalue weighted by Gasteiger charge is -2.22. The zero-order valence-electron chi connectivity index (χ0n) is 8.54. The Labute approximate surface area is 83.2 Å². The molecular formula is C10H16O4. The molecule has 0 fully saturated rings. The van der Waals surface area contributed by atoms with E-state index in [1.54, 1.807) is 13.8 Å². The van der Waals surface area contributed by atoms with Crippen LogP contribution in [0.1, 0.15) is 33.1 Å². The van der Waals surface area contributed by atoms with Crippen molar-refractivity contribution in [2.75, 3.05) is 0 Å². The standard InChI is InChI=1S/C10H16O4/c1-7(4-8(11)12)5-10(2,3)6-9(13)14/h1,4-6H2,2-3H3,(H,11,12)(H,13,14). The van der Waals surface area contributed by atoms with Crippen molar-refractivity contribution in [3.8, 4) is 0 Å². The number of aliphatic carboxylic acids is 2. The lowest BCUT2D eigenvalue weighted by Crippen LogP contribution is -2.18. The van der Waals surface area contributed by atoms with Gasteiger partial charge in [0.2, 0.25) is 0 Å². The van der Waals surface area contributed by atoms with Crippen molar-refractivity contribution in [2.45, 2.75) is 33.1 Å². The summed E-state index contributed by atoms with van der Waals surface area (Å²) in [5.41, 5.74) is 0.127. The fourth-order valence-electron chi connectivity index (χ4n) is 1.43. The number of hydrogen-bond donors (Lipinski definition) is 2. The summed E-state index contributed by atoms with van der Waals surface area (Å²) in [6, 6.07) is 0. The molecule has 2 N–H and O–H groups in total. The molecule has 0 aliphatic heterocycles. The predicted octanol–water partition coefficient (Wildman–Crippen LogP) is 1.91. The van der Waals surface area contributed by atoms with Gasteiger partial charge in [-0.25, -0.2) is 0 Å². The highest BCUT2D eigenvalue weighted by atomic mass is 16.4. The number of carboxylic acids is 2. The van der Waals surface area contributed by atoms with E-state index in [0.29, 0.717) is 12.0 Å². The van der Waals surface area contributed by atoms with Crippen LogP contribution >= 0.6 is 0 Å². The van der Waals surface area contributed by atoms with E-state index in [2.05, 4.69) is 6.58 Å². The molecule has 4 nitrogen and oxygen atoms in total. The number of hydrogen-bond acceptors (Lipinski definition) is 2. The fraction of sp³-hybridized carbons (Fsp3) is 0.600. The second-order valence-electron chi connectivity index (χ2n) is 4.23. The van der Waals surface area contributed by atoms with Crippen LogP contribution in [0.3, 0.4) is 0 Å². The molecule has 0 aromatic rings. The summed E-state index contributed by atoms with van der Waals surface area (Å²) in [5.74, 6) is -1.81. The molecule has 0 aliphatic rings. The van der Waals surface area contributed by atoms with E-state index in [4.69, 9.17) is 10.2 Å². The summed E-state index contributed by atoms with van der Waals surface area (Å²) in [5, 5.41) is 17.1. The maximum atomic E-state index is 10.5. The van der Waals surface area contributed by atoms with E-state index >= 15 is 0 Å². The molecule has 0 aromatic carbocycles. The van der Waals surface area contributed by atoms with Gasteiger partial charge in [0.05, 0.1) is 12.8 Å². The van der Waals surface area contributed by atoms with Gasteiger partial charge in [-0.1, -0.05) is 26.0 Å². The highest BCUT2D eigenvalue weighted by Crippen LogP contribution is 2.29. The van der Waals surface area contributed by atoms with Gasteiger partial charge in [-0.2, -0.15) is 0 Å². The minimum atomic E-state index is -0.930. The zero-order valence-corrected chi connectivity index (χ0v) is 8.54. The van der Waals surface area contributed by atoms with Crippen LogP contribution in [0.2, 0.25) is 0 Å². The Kier molecular flexibility index (Phi) is 4.34. The first-order valence-electron chi connectivity index (χ1n) is 4.33. The molecule has 0 heterocycles. The fourth-order valence-corrected chi connectivity index (χ4v) is 1.43. The van der Waals surface area contributed by atoms with Gasteiger partial charge in [0.25, 0.3) is 0 Å². The number of carbonyl (C=O) groups is 2. The summed E-state index contributed by atoms with van der Waals surface area (Å²) in [7, 11) is 0. The van der Waals surface area contributed by atoms with E-state index < -0.39 is 17.4 Å². The third kappa shape index (κ3) is 6.22. The Bertz CT molecular complexity index is 253. The topological polar surface area (TPSA) is 74.6 Å². The maximum Gasteiger partial charge on any atom is 0.307 e. The van der Waals surface area contributed by atoms with Gasteiger partial charge in [0, 0.05) is 0 Å². The number of carboxylic acid groups (broad SMARTS) is 2. The van der Waals surface area contributed by atoms with E-state index in [9.17, 15) is 9.59 Å². The summed E-state index contributed by atoms with van der Waals surface area (Å²) in [6.45, 7) is 7.19. The van der Waals surface area contributed by atoms with Gasteiger partial charge in [-0.3, -0.25) is 9.59 Å². The van der Waals surface area contributed by atoms with Gasteiger partial charge >= 0.3 is 11.9 Å². The Hall–Kier alpha value is -1.32. The van der Waals surface area contributed by atoms with E-state index in [1.165, 1.54) is 0 Å². The first-order chi connectivity index (χ1) is 6.23. The largest absolute Gasteiger partial charge is 0.481 e. The van der Waals surface area contributed by atoms with Crippen LogP contribution in [-0.4, -0.2) is 22.2 Å². The van der Waals surface area contributed by atoms with Gasteiger partial charge in [0.1, 0.15) is 0 Å². The molecule has 0 aromatic heterocycles. The Morgan fingerprint density at radius 3 is 2.00 bits per heavy atom. The monoisotopic (exact) mass is 200 g/mol. The van der Waals surface area contributed by atoms with Gasteiger partial charge in [-0.05, 0) is 11.8 Å². The lowest BCUT2D eigenvalue weighted by molar-refractivity contribution is -0.139. The smallest absolute Gasteiger partial charge is 0.307 e. The Balaban J connectivity index is 4.14. The zero-order chi connectivity index (χ0) is 11.4. The van der Waals surface area contributed by atoms with Gasteiger partial charge in [0.15, 0.2) is 0 Å². The SMILES string of the molecule is C=C(CC(=O)O)CC(C)(C)CC(=O)O. The molecular weight excluding hydrogens is 184 g/mol. The van der Waals surface area contributed by atoms with Crippen molar-refractivity contribution >= 4 is 11.9 Å². The summed E-state index contributed by atoms with van der Waals surface area (Å²) < 4.78 is 0. The second-order valence-corrected chi connectivity index (χ2v) is 4.23. The quantitative estimate of drug-likeness (QED) is 0.642. The summed E-state index contributed by atoms with van der Waals surface area (Å²) in [6.07, 6.45) is 0.348. The van der Waals surface area contributed by atoms with Crippen molar-refractivity contribution in [2.24, 2.45) is 5.41 Å². The molecule has 0 rings (SSSR count). The molecule has 4 heteroatoms. The average Bonchev–Trinajstić information content (AvgIpc) is 1.77. The van der Waals surface area contributed by atoms with Crippen LogP contribution in [0, 0.1) is 5.41 Å². The Morgan fingerprint density at radius 1 is 1.14 bits per heavy atom. The van der Waals surface area contributed by atoms with Crippen LogP contribution in [0.5, 0.6) is 0 Å². The molecule has 0 unspecified atom stereocenters. The van der Waals surface area contributed by atoms with Crippen molar-refractivity contribution in [3.63, 3.8) is 0 Å². The van der Waals surface area contributed by atoms with Crippen molar-refractivity contribution in [3.05, 3.63) is 12.2 Å². The van der Waals surface area contributed by atoms with Crippen LogP contribution in [0.15, 0.2) is 12.2 Å². The Morgan fingerprint density at radius 2 is 1.64 bits per heavy atom. The van der Waals surface area contributed by atoms with E-state index in [0.717, 1.165) is 0 Å². The highest BCUT2D eigenvalue weighted by molar-refractivity contribution is 5.70. The van der Waals surface area contributed by atoms with Crippen LogP contribution in [0.4, 0.5) is 0 Å². The third-order valence-electron chi connectivity index (χ3n) is 1.76. The first kappa shape index (κ1) is 12.7. The minimum Gasteiger partial charge on any atom is -0.481 e. The summed E-state index contributed by atoms with van der Waals surface area (Å²) in [4.78, 5) is 20.8. The highest BCUT2D eigenvalue weighted by Gasteiger charge is 2.23. The molecule has 0 spiro atoms. The first-order valence-corrected chi connectivity index (χ1v) is 4.33. The molecule has 0 atom stereocenters. The van der Waals surface area contributed by atoms with Crippen LogP contribution < -0.4 is 0 Å². The second kappa shape index (κ2) is 4.79. The molecule has 0 radical (unpaired) electrons. The van der Waals surface area contributed by atoms with Gasteiger partial charge in [-0.15, -0.1) is 0 Å². The molecule has 80 valence electrons. The minimum absolute atomic E-state index is 0.0195. The predicted molar refractivity (Wildman–Crippen MR) is 52.0 cm³/mol. The summed E-state index contributed by atoms with van der Waals surface area (Å²) >= 11 is 0. The molecule has 14 heavy (non-hydrogen) atoms. The molecule has 0 saturated carbocycles. The lowest BCUT2D eigenvalue weighted by atomic mass is 9.82. The average molecular weight is 200 g/mol. The van der Waals surface area contributed by atoms with Crippen LogP contribution in [-0.2, 0) is 9.59 Å². The third-order valence-corrected chi connectivity index (χ3v) is 1.76. The molecule has 0 saturated heterocycles. The molecule has 0 amide bonds. The van der Waals surface area contributed by atoms with Crippen molar-refractivity contribution < 1.29 is 19.8 Å². The van der Waals surface area contributed by atoms with Gasteiger partial charge < -0.3 is 10.2 Å². The molecule has 0 bridgehead atoms. The van der Waals surface area contributed by atoms with Crippen molar-refractivity contribution in [1.82, 2.24) is 0 Å². The maximum absolute atomic E-state index is 10.5. The van der Waals surface area contributed by atoms with Crippen LogP contribution in [0.25, 0.3) is 0 Å². The van der Waals surface area contributed by atoms with E-state index in [1.807, 2.05) is 0 Å².